The Morgan fingerprint density at radius 2 is 1.89 bits per heavy atom. The van der Waals surface area contributed by atoms with Crippen molar-refractivity contribution in [2.45, 2.75) is 33.9 Å². The van der Waals surface area contributed by atoms with Crippen LogP contribution in [-0.2, 0) is 22.7 Å². The van der Waals surface area contributed by atoms with Gasteiger partial charge in [0.2, 0.25) is 0 Å². The van der Waals surface area contributed by atoms with E-state index >= 15 is 0 Å². The number of Topliss-reactive ketones (excluding diaryl/α,β-unsaturated/α-hetero) is 2. The van der Waals surface area contributed by atoms with Crippen molar-refractivity contribution < 1.29 is 14.3 Å². The molecule has 28 heavy (non-hydrogen) atoms. The maximum atomic E-state index is 12.2. The van der Waals surface area contributed by atoms with E-state index in [9.17, 15) is 9.59 Å². The highest BCUT2D eigenvalue weighted by Crippen LogP contribution is 2.30. The Morgan fingerprint density at radius 3 is 2.50 bits per heavy atom. The minimum absolute atomic E-state index is 0.0477. The third-order valence-electron chi connectivity index (χ3n) is 4.24. The van der Waals surface area contributed by atoms with Gasteiger partial charge in [0.1, 0.15) is 11.5 Å². The molecule has 7 heteroatoms. The number of nitrogens with zero attached hydrogens (tertiary/aromatic N) is 4. The van der Waals surface area contributed by atoms with Crippen LogP contribution in [0.3, 0.4) is 0 Å². The lowest BCUT2D eigenvalue weighted by molar-refractivity contribution is -0.117. The fraction of sp³-hybridized carbons (Fsp3) is 0.286. The first-order valence-corrected chi connectivity index (χ1v) is 8.92. The molecule has 0 unspecified atom stereocenters. The number of hydrogen-bond acceptors (Lipinski definition) is 6. The van der Waals surface area contributed by atoms with Crippen molar-refractivity contribution in [3.63, 3.8) is 0 Å². The fourth-order valence-electron chi connectivity index (χ4n) is 3.06. The summed E-state index contributed by atoms with van der Waals surface area (Å²) >= 11 is 0. The average Bonchev–Trinajstić information content (AvgIpc) is 3.00. The van der Waals surface area contributed by atoms with Crippen LogP contribution in [0.15, 0.2) is 37.2 Å². The summed E-state index contributed by atoms with van der Waals surface area (Å²) in [6, 6.07) is 3.85. The number of carbonyl (C=O) groups excluding carboxylic acids is 2. The highest BCUT2D eigenvalue weighted by Gasteiger charge is 2.20. The van der Waals surface area contributed by atoms with E-state index in [2.05, 4.69) is 21.6 Å². The van der Waals surface area contributed by atoms with E-state index in [0.717, 1.165) is 22.2 Å². The van der Waals surface area contributed by atoms with Crippen LogP contribution in [0.2, 0.25) is 0 Å². The number of ether oxygens (including phenoxy) is 1. The second kappa shape index (κ2) is 8.22. The van der Waals surface area contributed by atoms with Crippen LogP contribution in [-0.4, -0.2) is 37.9 Å². The van der Waals surface area contributed by atoms with E-state index in [1.54, 1.807) is 23.2 Å². The van der Waals surface area contributed by atoms with Crippen LogP contribution in [0, 0.1) is 6.92 Å². The Labute approximate surface area is 163 Å². The zero-order chi connectivity index (χ0) is 20.3. The summed E-state index contributed by atoms with van der Waals surface area (Å²) in [5, 5.41) is 5.09. The highest BCUT2D eigenvalue weighted by atomic mass is 16.5. The predicted molar refractivity (Wildman–Crippen MR) is 106 cm³/mol. The van der Waals surface area contributed by atoms with Gasteiger partial charge in [-0.2, -0.15) is 5.10 Å². The minimum Gasteiger partial charge on any atom is -0.373 e. The zero-order valence-electron chi connectivity index (χ0n) is 16.2. The molecular formula is C21H22N4O3. The average molecular weight is 378 g/mol. The Kier molecular flexibility index (Phi) is 5.75. The van der Waals surface area contributed by atoms with Crippen molar-refractivity contribution in [3.05, 3.63) is 54.3 Å². The molecule has 144 valence electrons. The second-order valence-electron chi connectivity index (χ2n) is 6.62. The van der Waals surface area contributed by atoms with Gasteiger partial charge in [-0.25, -0.2) is 9.97 Å². The number of fused-ring (bicyclic) bond motifs is 1. The molecule has 7 nitrogen and oxygen atoms in total. The van der Waals surface area contributed by atoms with Gasteiger partial charge in [0.05, 0.1) is 25.3 Å². The van der Waals surface area contributed by atoms with Gasteiger partial charge in [-0.15, -0.1) is 6.58 Å². The van der Waals surface area contributed by atoms with Crippen LogP contribution < -0.4 is 0 Å². The highest BCUT2D eigenvalue weighted by molar-refractivity contribution is 6.07. The summed E-state index contributed by atoms with van der Waals surface area (Å²) in [5.41, 5.74) is 3.56. The van der Waals surface area contributed by atoms with Crippen molar-refractivity contribution in [1.82, 2.24) is 19.7 Å². The molecule has 0 aliphatic carbocycles. The van der Waals surface area contributed by atoms with Crippen LogP contribution in [0.5, 0.6) is 0 Å². The molecule has 0 spiro atoms. The first-order valence-electron chi connectivity index (χ1n) is 8.92. The molecule has 2 aromatic heterocycles. The number of rotatable bonds is 8. The van der Waals surface area contributed by atoms with Gasteiger partial charge < -0.3 is 4.74 Å². The van der Waals surface area contributed by atoms with E-state index in [0.29, 0.717) is 30.1 Å². The first kappa shape index (κ1) is 19.6. The fourth-order valence-corrected chi connectivity index (χ4v) is 3.06. The Morgan fingerprint density at radius 1 is 1.18 bits per heavy atom. The molecule has 0 fully saturated rings. The summed E-state index contributed by atoms with van der Waals surface area (Å²) in [7, 11) is 0. The molecule has 0 aliphatic rings. The topological polar surface area (TPSA) is 87.0 Å². The van der Waals surface area contributed by atoms with E-state index in [-0.39, 0.29) is 18.1 Å². The van der Waals surface area contributed by atoms with Crippen LogP contribution in [0.25, 0.3) is 22.0 Å². The molecule has 0 saturated heterocycles. The number of benzene rings is 1. The van der Waals surface area contributed by atoms with Gasteiger partial charge in [-0.05, 0) is 31.5 Å². The maximum absolute atomic E-state index is 12.2. The smallest absolute Gasteiger partial charge is 0.180 e. The van der Waals surface area contributed by atoms with E-state index < -0.39 is 0 Å². The van der Waals surface area contributed by atoms with Gasteiger partial charge in [0, 0.05) is 35.8 Å². The summed E-state index contributed by atoms with van der Waals surface area (Å²) in [5.74, 6) is 0.467. The lowest BCUT2D eigenvalue weighted by atomic mass is 10.0. The summed E-state index contributed by atoms with van der Waals surface area (Å²) in [6.07, 6.45) is 5.15. The molecule has 0 amide bonds. The second-order valence-corrected chi connectivity index (χ2v) is 6.62. The largest absolute Gasteiger partial charge is 0.373 e. The molecule has 0 atom stereocenters. The van der Waals surface area contributed by atoms with Crippen molar-refractivity contribution in [2.75, 3.05) is 6.61 Å². The molecule has 3 aromatic rings. The Balaban J connectivity index is 2.25. The van der Waals surface area contributed by atoms with Crippen molar-refractivity contribution >= 4 is 22.5 Å². The molecule has 0 aliphatic heterocycles. The standard InChI is InChI=1S/C21H22N4O3/c1-5-6-28-12-17-7-16(18-9-22-15(4)23-10-18)8-19-20(14(3)27)24-25(21(17)19)11-13(2)26/h5,7-10H,1,6,11-12H2,2-4H3. The van der Waals surface area contributed by atoms with Crippen molar-refractivity contribution in [2.24, 2.45) is 0 Å². The van der Waals surface area contributed by atoms with E-state index in [1.807, 2.05) is 19.1 Å². The van der Waals surface area contributed by atoms with Gasteiger partial charge in [-0.3, -0.25) is 14.3 Å². The van der Waals surface area contributed by atoms with Crippen molar-refractivity contribution in [3.8, 4) is 11.1 Å². The van der Waals surface area contributed by atoms with E-state index in [4.69, 9.17) is 4.74 Å². The number of aryl methyl sites for hydroxylation is 1. The molecule has 0 bridgehead atoms. The lowest BCUT2D eigenvalue weighted by Crippen LogP contribution is -2.10. The number of aromatic nitrogens is 4. The van der Waals surface area contributed by atoms with Crippen LogP contribution in [0.1, 0.15) is 35.7 Å². The lowest BCUT2D eigenvalue weighted by Gasteiger charge is -2.11. The first-order chi connectivity index (χ1) is 13.4. The number of ketones is 2. The van der Waals surface area contributed by atoms with Crippen LogP contribution >= 0.6 is 0 Å². The SMILES string of the molecule is C=CCOCc1cc(-c2cnc(C)nc2)cc2c(C(C)=O)nn(CC(C)=O)c12. The molecule has 2 heterocycles. The van der Waals surface area contributed by atoms with Gasteiger partial charge in [0.25, 0.3) is 0 Å². The molecule has 1 aromatic carbocycles. The summed E-state index contributed by atoms with van der Waals surface area (Å²) in [6.45, 7) is 9.22. The maximum Gasteiger partial charge on any atom is 0.180 e. The van der Waals surface area contributed by atoms with Crippen molar-refractivity contribution in [1.29, 1.82) is 0 Å². The molecular weight excluding hydrogens is 356 g/mol. The third-order valence-corrected chi connectivity index (χ3v) is 4.24. The summed E-state index contributed by atoms with van der Waals surface area (Å²) in [4.78, 5) is 32.4. The Bertz CT molecular complexity index is 1050. The Hall–Kier alpha value is -3.19. The predicted octanol–water partition coefficient (Wildman–Crippen LogP) is 3.30. The van der Waals surface area contributed by atoms with Gasteiger partial charge >= 0.3 is 0 Å². The summed E-state index contributed by atoms with van der Waals surface area (Å²) < 4.78 is 7.24. The molecule has 3 rings (SSSR count). The molecule has 0 radical (unpaired) electrons. The molecule has 0 saturated carbocycles. The zero-order valence-corrected chi connectivity index (χ0v) is 16.2. The number of carbonyl (C=O) groups is 2. The minimum atomic E-state index is -0.164. The van der Waals surface area contributed by atoms with Gasteiger partial charge in [0.15, 0.2) is 11.6 Å². The monoisotopic (exact) mass is 378 g/mol. The molecule has 0 N–H and O–H groups in total. The van der Waals surface area contributed by atoms with Crippen LogP contribution in [0.4, 0.5) is 0 Å². The normalized spacial score (nSPS) is 11.0. The van der Waals surface area contributed by atoms with E-state index in [1.165, 1.54) is 13.8 Å². The van der Waals surface area contributed by atoms with Gasteiger partial charge in [-0.1, -0.05) is 6.08 Å². The third kappa shape index (κ3) is 4.04. The number of hydrogen-bond donors (Lipinski definition) is 0. The quantitative estimate of drug-likeness (QED) is 0.340.